The molecule has 1 N–H and O–H groups in total. The van der Waals surface area contributed by atoms with Crippen LogP contribution in [-0.4, -0.2) is 60.0 Å². The number of aromatic nitrogens is 1. The minimum atomic E-state index is -0.813. The lowest BCUT2D eigenvalue weighted by molar-refractivity contribution is -0.122. The molecule has 0 unspecified atom stereocenters. The molecule has 8 heteroatoms. The molecule has 1 saturated heterocycles. The van der Waals surface area contributed by atoms with E-state index >= 15 is 0 Å². The minimum absolute atomic E-state index is 0.0901. The van der Waals surface area contributed by atoms with Gasteiger partial charge in [-0.1, -0.05) is 13.0 Å². The lowest BCUT2D eigenvalue weighted by Gasteiger charge is -2.33. The largest absolute Gasteiger partial charge is 0.436 e. The number of piperazine rings is 1. The summed E-state index contributed by atoms with van der Waals surface area (Å²) in [5.74, 6) is -1.54. The van der Waals surface area contributed by atoms with E-state index in [2.05, 4.69) is 27.0 Å². The lowest BCUT2D eigenvalue weighted by Crippen LogP contribution is -2.49. The topological polar surface area (TPSA) is 57.7 Å². The van der Waals surface area contributed by atoms with Crippen molar-refractivity contribution in [3.8, 4) is 11.6 Å². The maximum Gasteiger partial charge on any atom is 0.234 e. The normalized spacial score (nSPS) is 15.4. The molecule has 28 heavy (non-hydrogen) atoms. The Morgan fingerprint density at radius 3 is 2.64 bits per heavy atom. The van der Waals surface area contributed by atoms with Crippen molar-refractivity contribution in [2.24, 2.45) is 0 Å². The van der Waals surface area contributed by atoms with Crippen LogP contribution in [0.4, 0.5) is 8.78 Å². The van der Waals surface area contributed by atoms with E-state index in [0.717, 1.165) is 44.9 Å². The highest BCUT2D eigenvalue weighted by atomic mass is 19.1. The van der Waals surface area contributed by atoms with Gasteiger partial charge in [-0.05, 0) is 24.7 Å². The number of hydrogen-bond donors (Lipinski definition) is 1. The number of benzene rings is 1. The Hall–Kier alpha value is -2.58. The number of carbonyl (C=O) groups is 1. The monoisotopic (exact) mass is 390 g/mol. The van der Waals surface area contributed by atoms with E-state index in [-0.39, 0.29) is 24.1 Å². The maximum absolute atomic E-state index is 13.8. The van der Waals surface area contributed by atoms with Crippen LogP contribution in [0, 0.1) is 11.6 Å². The quantitative estimate of drug-likeness (QED) is 0.787. The van der Waals surface area contributed by atoms with Crippen LogP contribution < -0.4 is 10.1 Å². The fraction of sp³-hybridized carbons (Fsp3) is 0.400. The van der Waals surface area contributed by atoms with Crippen molar-refractivity contribution >= 4 is 5.91 Å². The second-order valence-electron chi connectivity index (χ2n) is 6.63. The number of halogens is 2. The van der Waals surface area contributed by atoms with Crippen molar-refractivity contribution in [1.82, 2.24) is 20.1 Å². The van der Waals surface area contributed by atoms with E-state index in [9.17, 15) is 13.6 Å². The Bertz CT molecular complexity index is 811. The zero-order valence-corrected chi connectivity index (χ0v) is 15.8. The van der Waals surface area contributed by atoms with Crippen LogP contribution in [0.25, 0.3) is 0 Å². The van der Waals surface area contributed by atoms with Crippen LogP contribution in [0.3, 0.4) is 0 Å². The molecule has 1 aromatic carbocycles. The van der Waals surface area contributed by atoms with Crippen molar-refractivity contribution in [2.75, 3.05) is 39.3 Å². The lowest BCUT2D eigenvalue weighted by atomic mass is 10.2. The summed E-state index contributed by atoms with van der Waals surface area (Å²) in [4.78, 5) is 20.8. The summed E-state index contributed by atoms with van der Waals surface area (Å²) in [6, 6.07) is 6.51. The molecule has 0 atom stereocenters. The molecule has 1 aromatic heterocycles. The molecule has 0 saturated carbocycles. The molecule has 0 bridgehead atoms. The number of ether oxygens (including phenoxy) is 1. The summed E-state index contributed by atoms with van der Waals surface area (Å²) in [5.41, 5.74) is 0.607. The third-order valence-electron chi connectivity index (χ3n) is 4.71. The van der Waals surface area contributed by atoms with E-state index in [0.29, 0.717) is 12.1 Å². The van der Waals surface area contributed by atoms with Gasteiger partial charge in [0.25, 0.3) is 0 Å². The fourth-order valence-corrected chi connectivity index (χ4v) is 3.03. The standard InChI is InChI=1S/C20H24F2N4O2/c1-2-25-8-10-26(11-9-25)14-19(27)24-13-15-4-3-7-23-20(15)28-18-6-5-16(21)12-17(18)22/h3-7,12H,2,8-11,13-14H2,1H3,(H,24,27). The van der Waals surface area contributed by atoms with Gasteiger partial charge in [0.05, 0.1) is 6.54 Å². The predicted octanol–water partition coefficient (Wildman–Crippen LogP) is 2.41. The Morgan fingerprint density at radius 2 is 1.93 bits per heavy atom. The molecule has 1 fully saturated rings. The molecule has 6 nitrogen and oxygen atoms in total. The number of pyridine rings is 1. The Kier molecular flexibility index (Phi) is 6.89. The summed E-state index contributed by atoms with van der Waals surface area (Å²) < 4.78 is 32.3. The van der Waals surface area contributed by atoms with E-state index in [1.807, 2.05) is 0 Å². The average Bonchev–Trinajstić information content (AvgIpc) is 2.70. The van der Waals surface area contributed by atoms with Gasteiger partial charge in [-0.15, -0.1) is 0 Å². The van der Waals surface area contributed by atoms with Crippen LogP contribution in [0.15, 0.2) is 36.5 Å². The Labute approximate surface area is 163 Å². The zero-order valence-electron chi connectivity index (χ0n) is 15.8. The van der Waals surface area contributed by atoms with Gasteiger partial charge in [0.1, 0.15) is 5.82 Å². The zero-order chi connectivity index (χ0) is 19.9. The molecule has 0 aliphatic carbocycles. The van der Waals surface area contributed by atoms with Gasteiger partial charge in [0.15, 0.2) is 11.6 Å². The van der Waals surface area contributed by atoms with E-state index in [4.69, 9.17) is 4.74 Å². The van der Waals surface area contributed by atoms with Gasteiger partial charge in [-0.3, -0.25) is 9.69 Å². The molecule has 150 valence electrons. The summed E-state index contributed by atoms with van der Waals surface area (Å²) in [5, 5.41) is 2.85. The summed E-state index contributed by atoms with van der Waals surface area (Å²) in [7, 11) is 0. The third kappa shape index (κ3) is 5.46. The predicted molar refractivity (Wildman–Crippen MR) is 101 cm³/mol. The van der Waals surface area contributed by atoms with Crippen LogP contribution >= 0.6 is 0 Å². The van der Waals surface area contributed by atoms with Crippen molar-refractivity contribution in [3.05, 3.63) is 53.7 Å². The summed E-state index contributed by atoms with van der Waals surface area (Å²) in [6.45, 7) is 7.37. The number of nitrogens with one attached hydrogen (secondary N) is 1. The molecule has 2 aromatic rings. The number of hydrogen-bond acceptors (Lipinski definition) is 5. The smallest absolute Gasteiger partial charge is 0.234 e. The highest BCUT2D eigenvalue weighted by molar-refractivity contribution is 5.78. The fourth-order valence-electron chi connectivity index (χ4n) is 3.03. The second-order valence-corrected chi connectivity index (χ2v) is 6.63. The molecule has 1 amide bonds. The van der Waals surface area contributed by atoms with Gasteiger partial charge in [0.2, 0.25) is 11.8 Å². The first-order valence-electron chi connectivity index (χ1n) is 9.33. The van der Waals surface area contributed by atoms with Crippen molar-refractivity contribution in [2.45, 2.75) is 13.5 Å². The van der Waals surface area contributed by atoms with Crippen molar-refractivity contribution < 1.29 is 18.3 Å². The number of rotatable bonds is 7. The molecule has 1 aliphatic rings. The Balaban J connectivity index is 1.55. The van der Waals surface area contributed by atoms with Crippen LogP contribution in [0.1, 0.15) is 12.5 Å². The number of nitrogens with zero attached hydrogens (tertiary/aromatic N) is 3. The van der Waals surface area contributed by atoms with Crippen LogP contribution in [0.5, 0.6) is 11.6 Å². The number of likely N-dealkylation sites (N-methyl/N-ethyl adjacent to an activating group) is 1. The third-order valence-corrected chi connectivity index (χ3v) is 4.71. The average molecular weight is 390 g/mol. The van der Waals surface area contributed by atoms with Crippen molar-refractivity contribution in [1.29, 1.82) is 0 Å². The van der Waals surface area contributed by atoms with Gasteiger partial charge in [0, 0.05) is 50.6 Å². The SMILES string of the molecule is CCN1CCN(CC(=O)NCc2cccnc2Oc2ccc(F)cc2F)CC1. The second kappa shape index (κ2) is 9.57. The highest BCUT2D eigenvalue weighted by Gasteiger charge is 2.18. The van der Waals surface area contributed by atoms with Gasteiger partial charge in [-0.2, -0.15) is 0 Å². The highest BCUT2D eigenvalue weighted by Crippen LogP contribution is 2.26. The Morgan fingerprint density at radius 1 is 1.18 bits per heavy atom. The van der Waals surface area contributed by atoms with Crippen LogP contribution in [-0.2, 0) is 11.3 Å². The molecular formula is C20H24F2N4O2. The van der Waals surface area contributed by atoms with Crippen LogP contribution in [0.2, 0.25) is 0 Å². The van der Waals surface area contributed by atoms with E-state index in [1.54, 1.807) is 12.1 Å². The molecule has 1 aliphatic heterocycles. The summed E-state index contributed by atoms with van der Waals surface area (Å²) in [6.07, 6.45) is 1.51. The van der Waals surface area contributed by atoms with E-state index < -0.39 is 11.6 Å². The first-order chi connectivity index (χ1) is 13.5. The molecule has 0 radical (unpaired) electrons. The van der Waals surface area contributed by atoms with E-state index in [1.165, 1.54) is 12.3 Å². The molecule has 2 heterocycles. The summed E-state index contributed by atoms with van der Waals surface area (Å²) >= 11 is 0. The number of amides is 1. The molecular weight excluding hydrogens is 366 g/mol. The first-order valence-corrected chi connectivity index (χ1v) is 9.33. The number of carbonyl (C=O) groups excluding carboxylic acids is 1. The van der Waals surface area contributed by atoms with Gasteiger partial charge in [-0.25, -0.2) is 13.8 Å². The van der Waals surface area contributed by atoms with Gasteiger partial charge >= 0.3 is 0 Å². The minimum Gasteiger partial charge on any atom is -0.436 e. The van der Waals surface area contributed by atoms with Gasteiger partial charge < -0.3 is 15.0 Å². The maximum atomic E-state index is 13.8. The molecule has 3 rings (SSSR count). The van der Waals surface area contributed by atoms with Crippen molar-refractivity contribution in [3.63, 3.8) is 0 Å². The first kappa shape index (κ1) is 20.2. The molecule has 0 spiro atoms.